The van der Waals surface area contributed by atoms with Gasteiger partial charge in [0.1, 0.15) is 11.5 Å². The molecule has 0 aliphatic carbocycles. The summed E-state index contributed by atoms with van der Waals surface area (Å²) in [5.41, 5.74) is 3.85. The fraction of sp³-hybridized carbons (Fsp3) is 0.364. The fourth-order valence-corrected chi connectivity index (χ4v) is 3.79. The number of rotatable bonds is 4. The second-order valence-corrected chi connectivity index (χ2v) is 7.61. The summed E-state index contributed by atoms with van der Waals surface area (Å²) in [5.74, 6) is 1.12. The molecule has 3 heterocycles. The van der Waals surface area contributed by atoms with E-state index in [1.54, 1.807) is 12.3 Å². The fourth-order valence-electron chi connectivity index (χ4n) is 3.79. The third-order valence-electron chi connectivity index (χ3n) is 5.28. The lowest BCUT2D eigenvalue weighted by Gasteiger charge is -2.32. The van der Waals surface area contributed by atoms with Crippen molar-refractivity contribution >= 4 is 5.91 Å². The van der Waals surface area contributed by atoms with Gasteiger partial charge in [-0.3, -0.25) is 9.89 Å². The molecular weight excluding hydrogens is 350 g/mol. The van der Waals surface area contributed by atoms with Gasteiger partial charge in [0, 0.05) is 42.4 Å². The number of hydrogen-bond acceptors (Lipinski definition) is 4. The van der Waals surface area contributed by atoms with E-state index in [0.717, 1.165) is 36.2 Å². The molecule has 1 aliphatic heterocycles. The van der Waals surface area contributed by atoms with Crippen molar-refractivity contribution in [3.05, 3.63) is 66.0 Å². The van der Waals surface area contributed by atoms with Gasteiger partial charge in [-0.05, 0) is 24.5 Å². The van der Waals surface area contributed by atoms with E-state index in [1.165, 1.54) is 0 Å². The summed E-state index contributed by atoms with van der Waals surface area (Å²) in [4.78, 5) is 23.7. The molecule has 6 nitrogen and oxygen atoms in total. The van der Waals surface area contributed by atoms with Crippen molar-refractivity contribution < 1.29 is 4.79 Å². The highest BCUT2D eigenvalue weighted by molar-refractivity contribution is 5.92. The van der Waals surface area contributed by atoms with Gasteiger partial charge in [-0.1, -0.05) is 44.2 Å². The highest BCUT2D eigenvalue weighted by Crippen LogP contribution is 2.33. The first-order valence-electron chi connectivity index (χ1n) is 9.84. The number of amides is 1. The molecule has 4 rings (SSSR count). The number of H-pyrrole nitrogens is 1. The van der Waals surface area contributed by atoms with Gasteiger partial charge in [-0.2, -0.15) is 5.10 Å². The van der Waals surface area contributed by atoms with E-state index in [4.69, 9.17) is 0 Å². The minimum atomic E-state index is -0.0187. The van der Waals surface area contributed by atoms with Crippen LogP contribution in [0.1, 0.15) is 60.5 Å². The molecule has 0 spiro atoms. The van der Waals surface area contributed by atoms with Crippen molar-refractivity contribution in [1.82, 2.24) is 25.1 Å². The van der Waals surface area contributed by atoms with E-state index >= 15 is 0 Å². The van der Waals surface area contributed by atoms with Crippen LogP contribution in [0.15, 0.2) is 48.8 Å². The summed E-state index contributed by atoms with van der Waals surface area (Å²) in [7, 11) is 0. The van der Waals surface area contributed by atoms with Gasteiger partial charge in [-0.25, -0.2) is 9.97 Å². The Balaban J connectivity index is 1.55. The van der Waals surface area contributed by atoms with E-state index in [1.807, 2.05) is 43.1 Å². The predicted octanol–water partition coefficient (Wildman–Crippen LogP) is 4.01. The van der Waals surface area contributed by atoms with E-state index in [0.29, 0.717) is 18.1 Å². The molecule has 1 atom stereocenters. The van der Waals surface area contributed by atoms with Gasteiger partial charge >= 0.3 is 0 Å². The molecule has 0 radical (unpaired) electrons. The van der Waals surface area contributed by atoms with Crippen LogP contribution in [0.3, 0.4) is 0 Å². The van der Waals surface area contributed by atoms with E-state index in [2.05, 4.69) is 32.3 Å². The summed E-state index contributed by atoms with van der Waals surface area (Å²) in [6.45, 7) is 5.49. The lowest BCUT2D eigenvalue weighted by Crippen LogP contribution is -2.39. The quantitative estimate of drug-likeness (QED) is 0.748. The Kier molecular flexibility index (Phi) is 5.19. The zero-order valence-electron chi connectivity index (χ0n) is 16.3. The Hall–Kier alpha value is -3.02. The van der Waals surface area contributed by atoms with Crippen molar-refractivity contribution in [2.75, 3.05) is 13.1 Å². The zero-order valence-corrected chi connectivity index (χ0v) is 16.3. The SMILES string of the molecule is CC(C)c1nccc(C(=O)N2CCCC(c3[nH]ncc3-c3ccccc3)C2)n1. The maximum atomic E-state index is 13.1. The number of nitrogens with zero attached hydrogens (tertiary/aromatic N) is 4. The summed E-state index contributed by atoms with van der Waals surface area (Å²) < 4.78 is 0. The maximum absolute atomic E-state index is 13.1. The Bertz CT molecular complexity index is 950. The van der Waals surface area contributed by atoms with Crippen LogP contribution < -0.4 is 0 Å². The lowest BCUT2D eigenvalue weighted by molar-refractivity contribution is 0.0699. The van der Waals surface area contributed by atoms with Gasteiger partial charge in [-0.15, -0.1) is 0 Å². The molecule has 1 saturated heterocycles. The first-order chi connectivity index (χ1) is 13.6. The summed E-state index contributed by atoms with van der Waals surface area (Å²) >= 11 is 0. The maximum Gasteiger partial charge on any atom is 0.272 e. The van der Waals surface area contributed by atoms with Gasteiger partial charge in [0.05, 0.1) is 6.20 Å². The number of aromatic nitrogens is 4. The third kappa shape index (κ3) is 3.67. The molecule has 2 aromatic heterocycles. The zero-order chi connectivity index (χ0) is 19.5. The van der Waals surface area contributed by atoms with Crippen LogP contribution in [0.2, 0.25) is 0 Å². The van der Waals surface area contributed by atoms with Gasteiger partial charge in [0.2, 0.25) is 0 Å². The molecule has 1 fully saturated rings. The minimum absolute atomic E-state index is 0.0187. The van der Waals surface area contributed by atoms with Crippen LogP contribution in [0.4, 0.5) is 0 Å². The highest BCUT2D eigenvalue weighted by Gasteiger charge is 2.29. The molecule has 0 saturated carbocycles. The molecule has 6 heteroatoms. The summed E-state index contributed by atoms with van der Waals surface area (Å²) in [6.07, 6.45) is 5.56. The number of hydrogen-bond donors (Lipinski definition) is 1. The molecule has 1 amide bonds. The van der Waals surface area contributed by atoms with Crippen molar-refractivity contribution in [3.63, 3.8) is 0 Å². The van der Waals surface area contributed by atoms with Crippen LogP contribution in [0.5, 0.6) is 0 Å². The number of piperidine rings is 1. The Morgan fingerprint density at radius 3 is 2.82 bits per heavy atom. The Morgan fingerprint density at radius 2 is 2.04 bits per heavy atom. The van der Waals surface area contributed by atoms with Gasteiger partial charge < -0.3 is 4.90 Å². The number of nitrogens with one attached hydrogen (secondary N) is 1. The van der Waals surface area contributed by atoms with Crippen molar-refractivity contribution in [2.45, 2.75) is 38.5 Å². The number of carbonyl (C=O) groups excluding carboxylic acids is 1. The standard InChI is InChI=1S/C22H25N5O/c1-15(2)21-23-11-10-19(25-21)22(28)27-12-6-9-17(14-27)20-18(13-24-26-20)16-7-4-3-5-8-16/h3-5,7-8,10-11,13,15,17H,6,9,12,14H2,1-2H3,(H,24,26). The molecule has 144 valence electrons. The number of benzene rings is 1. The molecular formula is C22H25N5O. The second-order valence-electron chi connectivity index (χ2n) is 7.61. The topological polar surface area (TPSA) is 74.8 Å². The lowest BCUT2D eigenvalue weighted by atomic mass is 9.90. The van der Waals surface area contributed by atoms with Crippen LogP contribution in [0.25, 0.3) is 11.1 Å². The molecule has 0 bridgehead atoms. The van der Waals surface area contributed by atoms with Crippen molar-refractivity contribution in [1.29, 1.82) is 0 Å². The van der Waals surface area contributed by atoms with E-state index < -0.39 is 0 Å². The highest BCUT2D eigenvalue weighted by atomic mass is 16.2. The van der Waals surface area contributed by atoms with E-state index in [-0.39, 0.29) is 17.7 Å². The molecule has 28 heavy (non-hydrogen) atoms. The van der Waals surface area contributed by atoms with Gasteiger partial charge in [0.15, 0.2) is 0 Å². The number of aromatic amines is 1. The summed E-state index contributed by atoms with van der Waals surface area (Å²) in [5, 5.41) is 7.47. The third-order valence-corrected chi connectivity index (χ3v) is 5.28. The van der Waals surface area contributed by atoms with E-state index in [9.17, 15) is 4.79 Å². The second kappa shape index (κ2) is 7.92. The summed E-state index contributed by atoms with van der Waals surface area (Å²) in [6, 6.07) is 12.0. The number of likely N-dealkylation sites (tertiary alicyclic amines) is 1. The van der Waals surface area contributed by atoms with Gasteiger partial charge in [0.25, 0.3) is 5.91 Å². The van der Waals surface area contributed by atoms with Crippen LogP contribution in [-0.4, -0.2) is 44.1 Å². The molecule has 1 aromatic carbocycles. The first-order valence-corrected chi connectivity index (χ1v) is 9.84. The Morgan fingerprint density at radius 1 is 1.21 bits per heavy atom. The minimum Gasteiger partial charge on any atom is -0.337 e. The average molecular weight is 375 g/mol. The first kappa shape index (κ1) is 18.3. The predicted molar refractivity (Wildman–Crippen MR) is 108 cm³/mol. The molecule has 1 unspecified atom stereocenters. The van der Waals surface area contributed by atoms with Crippen molar-refractivity contribution in [3.8, 4) is 11.1 Å². The normalized spacial score (nSPS) is 17.1. The molecule has 1 aliphatic rings. The van der Waals surface area contributed by atoms with Crippen molar-refractivity contribution in [2.24, 2.45) is 0 Å². The number of carbonyl (C=O) groups is 1. The smallest absolute Gasteiger partial charge is 0.272 e. The Labute approximate surface area is 165 Å². The largest absolute Gasteiger partial charge is 0.337 e. The van der Waals surface area contributed by atoms with Crippen LogP contribution >= 0.6 is 0 Å². The van der Waals surface area contributed by atoms with Crippen LogP contribution in [-0.2, 0) is 0 Å². The molecule has 3 aromatic rings. The average Bonchev–Trinajstić information content (AvgIpc) is 3.24. The monoisotopic (exact) mass is 375 g/mol. The van der Waals surface area contributed by atoms with Crippen LogP contribution in [0, 0.1) is 0 Å². The molecule has 1 N–H and O–H groups in total.